The molecular formula is C21H27FN2O3S. The van der Waals surface area contributed by atoms with Crippen molar-refractivity contribution in [2.45, 2.75) is 44.6 Å². The van der Waals surface area contributed by atoms with Crippen molar-refractivity contribution in [3.8, 4) is 11.1 Å². The van der Waals surface area contributed by atoms with Crippen molar-refractivity contribution in [3.05, 3.63) is 54.3 Å². The smallest absolute Gasteiger partial charge is 0.241 e. The zero-order chi connectivity index (χ0) is 20.7. The molecule has 0 unspecified atom stereocenters. The average molecular weight is 407 g/mol. The summed E-state index contributed by atoms with van der Waals surface area (Å²) in [6.07, 6.45) is 1.78. The van der Waals surface area contributed by atoms with E-state index < -0.39 is 16.1 Å². The first kappa shape index (κ1) is 22.0. The van der Waals surface area contributed by atoms with Gasteiger partial charge in [0.1, 0.15) is 11.9 Å². The van der Waals surface area contributed by atoms with Crippen LogP contribution in [0, 0.1) is 11.7 Å². The van der Waals surface area contributed by atoms with E-state index in [1.54, 1.807) is 38.1 Å². The highest BCUT2D eigenvalue weighted by atomic mass is 32.2. The molecule has 2 aromatic carbocycles. The van der Waals surface area contributed by atoms with Gasteiger partial charge in [-0.05, 0) is 47.7 Å². The summed E-state index contributed by atoms with van der Waals surface area (Å²) < 4.78 is 41.0. The van der Waals surface area contributed by atoms with Gasteiger partial charge < -0.3 is 5.32 Å². The largest absolute Gasteiger partial charge is 0.355 e. The fraction of sp³-hybridized carbons (Fsp3) is 0.381. The van der Waals surface area contributed by atoms with E-state index in [4.69, 9.17) is 0 Å². The molecule has 0 aliphatic rings. The summed E-state index contributed by atoms with van der Waals surface area (Å²) in [6, 6.07) is 11.4. The van der Waals surface area contributed by atoms with Crippen LogP contribution < -0.4 is 10.0 Å². The van der Waals surface area contributed by atoms with Crippen LogP contribution in [0.1, 0.15) is 33.6 Å². The number of unbranched alkanes of at least 4 members (excludes halogenated alkanes) is 1. The first-order chi connectivity index (χ1) is 13.2. The highest BCUT2D eigenvalue weighted by Gasteiger charge is 2.28. The predicted octanol–water partition coefficient (Wildman–Crippen LogP) is 3.71. The Balaban J connectivity index is 2.15. The van der Waals surface area contributed by atoms with Gasteiger partial charge in [-0.3, -0.25) is 4.79 Å². The summed E-state index contributed by atoms with van der Waals surface area (Å²) in [5.41, 5.74) is 1.56. The van der Waals surface area contributed by atoms with Gasteiger partial charge in [0, 0.05) is 6.54 Å². The Labute approximate surface area is 166 Å². The summed E-state index contributed by atoms with van der Waals surface area (Å²) in [7, 11) is -3.86. The lowest BCUT2D eigenvalue weighted by Gasteiger charge is -2.21. The maximum absolute atomic E-state index is 13.1. The van der Waals surface area contributed by atoms with Crippen LogP contribution in [0.4, 0.5) is 4.39 Å². The van der Waals surface area contributed by atoms with E-state index in [0.29, 0.717) is 6.54 Å². The summed E-state index contributed by atoms with van der Waals surface area (Å²) in [5.74, 6) is -0.853. The second-order valence-electron chi connectivity index (χ2n) is 7.02. The Morgan fingerprint density at radius 3 is 2.04 bits per heavy atom. The summed E-state index contributed by atoms with van der Waals surface area (Å²) in [4.78, 5) is 12.4. The minimum Gasteiger partial charge on any atom is -0.355 e. The van der Waals surface area contributed by atoms with E-state index in [9.17, 15) is 17.6 Å². The minimum absolute atomic E-state index is 0.0744. The first-order valence-corrected chi connectivity index (χ1v) is 10.9. The molecule has 2 rings (SSSR count). The molecule has 7 heteroatoms. The van der Waals surface area contributed by atoms with Crippen molar-refractivity contribution >= 4 is 15.9 Å². The van der Waals surface area contributed by atoms with Crippen LogP contribution >= 0.6 is 0 Å². The summed E-state index contributed by atoms with van der Waals surface area (Å²) >= 11 is 0. The van der Waals surface area contributed by atoms with Crippen LogP contribution in [-0.4, -0.2) is 26.9 Å². The predicted molar refractivity (Wildman–Crippen MR) is 109 cm³/mol. The molecule has 152 valence electrons. The highest BCUT2D eigenvalue weighted by Crippen LogP contribution is 2.22. The van der Waals surface area contributed by atoms with Crippen LogP contribution in [0.3, 0.4) is 0 Å². The molecule has 28 heavy (non-hydrogen) atoms. The number of rotatable bonds is 9. The average Bonchev–Trinajstić information content (AvgIpc) is 2.67. The number of hydrogen-bond donors (Lipinski definition) is 2. The van der Waals surface area contributed by atoms with Crippen LogP contribution in [0.25, 0.3) is 11.1 Å². The number of benzene rings is 2. The molecule has 0 saturated carbocycles. The van der Waals surface area contributed by atoms with Gasteiger partial charge in [0.25, 0.3) is 0 Å². The molecule has 2 aromatic rings. The summed E-state index contributed by atoms with van der Waals surface area (Å²) in [5, 5.41) is 2.78. The maximum atomic E-state index is 13.1. The van der Waals surface area contributed by atoms with E-state index in [1.165, 1.54) is 24.3 Å². The Hall–Kier alpha value is -2.25. The van der Waals surface area contributed by atoms with Crippen LogP contribution in [0.5, 0.6) is 0 Å². The van der Waals surface area contributed by atoms with E-state index in [0.717, 1.165) is 24.0 Å². The molecule has 0 heterocycles. The third kappa shape index (κ3) is 5.87. The summed E-state index contributed by atoms with van der Waals surface area (Å²) in [6.45, 7) is 6.13. The Morgan fingerprint density at radius 2 is 1.54 bits per heavy atom. The number of halogens is 1. The number of amides is 1. The van der Waals surface area contributed by atoms with E-state index in [2.05, 4.69) is 10.0 Å². The lowest BCUT2D eigenvalue weighted by molar-refractivity contribution is -0.123. The molecule has 2 N–H and O–H groups in total. The molecule has 0 saturated heterocycles. The van der Waals surface area contributed by atoms with E-state index in [-0.39, 0.29) is 22.5 Å². The lowest BCUT2D eigenvalue weighted by atomic mass is 10.1. The number of carbonyl (C=O) groups is 1. The molecule has 0 spiro atoms. The molecular weight excluding hydrogens is 379 g/mol. The maximum Gasteiger partial charge on any atom is 0.241 e. The van der Waals surface area contributed by atoms with Gasteiger partial charge in [0.15, 0.2) is 0 Å². The zero-order valence-corrected chi connectivity index (χ0v) is 17.2. The number of sulfonamides is 1. The minimum atomic E-state index is -3.86. The van der Waals surface area contributed by atoms with Gasteiger partial charge in [-0.25, -0.2) is 12.8 Å². The molecule has 0 aliphatic carbocycles. The van der Waals surface area contributed by atoms with Crippen molar-refractivity contribution in [1.29, 1.82) is 0 Å². The van der Waals surface area contributed by atoms with Gasteiger partial charge in [-0.1, -0.05) is 51.5 Å². The molecule has 1 atom stereocenters. The SMILES string of the molecule is CCCCNC(=O)[C@@H](NS(=O)(=O)c1ccc(-c2ccc(F)cc2)cc1)C(C)C. The second-order valence-corrected chi connectivity index (χ2v) is 8.73. The van der Waals surface area contributed by atoms with Crippen molar-refractivity contribution < 1.29 is 17.6 Å². The number of hydrogen-bond acceptors (Lipinski definition) is 3. The second kappa shape index (κ2) is 9.80. The fourth-order valence-electron chi connectivity index (χ4n) is 2.69. The Kier molecular flexibility index (Phi) is 7.71. The van der Waals surface area contributed by atoms with Gasteiger partial charge in [0.2, 0.25) is 15.9 Å². The topological polar surface area (TPSA) is 75.3 Å². The molecule has 0 fully saturated rings. The molecule has 0 bridgehead atoms. The monoisotopic (exact) mass is 406 g/mol. The van der Waals surface area contributed by atoms with Crippen LogP contribution in [0.2, 0.25) is 0 Å². The first-order valence-electron chi connectivity index (χ1n) is 9.40. The third-order valence-electron chi connectivity index (χ3n) is 4.40. The fourth-order valence-corrected chi connectivity index (χ4v) is 4.04. The molecule has 1 amide bonds. The number of carbonyl (C=O) groups excluding carboxylic acids is 1. The molecule has 0 aromatic heterocycles. The zero-order valence-electron chi connectivity index (χ0n) is 16.4. The van der Waals surface area contributed by atoms with Gasteiger partial charge in [-0.2, -0.15) is 4.72 Å². The molecule has 0 aliphatic heterocycles. The third-order valence-corrected chi connectivity index (χ3v) is 5.86. The normalized spacial score (nSPS) is 12.8. The van der Waals surface area contributed by atoms with E-state index in [1.807, 2.05) is 6.92 Å². The standard InChI is InChI=1S/C21H27FN2O3S/c1-4-5-14-23-21(25)20(15(2)3)24-28(26,27)19-12-8-17(9-13-19)16-6-10-18(22)11-7-16/h6-13,15,20,24H,4-5,14H2,1-3H3,(H,23,25)/t20-/m0/s1. The Bertz CT molecular complexity index is 879. The highest BCUT2D eigenvalue weighted by molar-refractivity contribution is 7.89. The van der Waals surface area contributed by atoms with Crippen molar-refractivity contribution in [1.82, 2.24) is 10.0 Å². The van der Waals surface area contributed by atoms with Gasteiger partial charge >= 0.3 is 0 Å². The number of nitrogens with one attached hydrogen (secondary N) is 2. The van der Waals surface area contributed by atoms with Crippen LogP contribution in [0.15, 0.2) is 53.4 Å². The van der Waals surface area contributed by atoms with Gasteiger partial charge in [-0.15, -0.1) is 0 Å². The van der Waals surface area contributed by atoms with Crippen molar-refractivity contribution in [2.75, 3.05) is 6.54 Å². The Morgan fingerprint density at radius 1 is 1.00 bits per heavy atom. The molecule has 0 radical (unpaired) electrons. The quantitative estimate of drug-likeness (QED) is 0.624. The van der Waals surface area contributed by atoms with Crippen molar-refractivity contribution in [2.24, 2.45) is 5.92 Å². The van der Waals surface area contributed by atoms with E-state index >= 15 is 0 Å². The molecule has 5 nitrogen and oxygen atoms in total. The van der Waals surface area contributed by atoms with Crippen molar-refractivity contribution in [3.63, 3.8) is 0 Å². The van der Waals surface area contributed by atoms with Crippen LogP contribution in [-0.2, 0) is 14.8 Å². The lowest BCUT2D eigenvalue weighted by Crippen LogP contribution is -2.49. The van der Waals surface area contributed by atoms with Gasteiger partial charge in [0.05, 0.1) is 4.90 Å².